The average Bonchev–Trinajstić information content (AvgIpc) is 2.83. The van der Waals surface area contributed by atoms with Gasteiger partial charge < -0.3 is 14.9 Å². The molecule has 0 radical (unpaired) electrons. The van der Waals surface area contributed by atoms with Crippen LogP contribution in [0.3, 0.4) is 0 Å². The fourth-order valence-corrected chi connectivity index (χ4v) is 1.70. The van der Waals surface area contributed by atoms with Crippen LogP contribution in [0.15, 0.2) is 28.8 Å². The van der Waals surface area contributed by atoms with Gasteiger partial charge in [0.25, 0.3) is 0 Å². The zero-order valence-corrected chi connectivity index (χ0v) is 11.3. The summed E-state index contributed by atoms with van der Waals surface area (Å²) >= 11 is 5.66. The Morgan fingerprint density at radius 1 is 1.37 bits per heavy atom. The number of benzene rings is 1. The van der Waals surface area contributed by atoms with Crippen LogP contribution >= 0.6 is 11.6 Å². The lowest BCUT2D eigenvalue weighted by Crippen LogP contribution is -2.10. The Balaban J connectivity index is 2.11. The number of halogens is 2. The first-order chi connectivity index (χ1) is 8.97. The van der Waals surface area contributed by atoms with Crippen molar-refractivity contribution in [2.24, 2.45) is 0 Å². The third-order valence-electron chi connectivity index (χ3n) is 2.62. The van der Waals surface area contributed by atoms with Crippen LogP contribution in [0.25, 0.3) is 0 Å². The fourth-order valence-electron chi connectivity index (χ4n) is 1.52. The second-order valence-electron chi connectivity index (χ2n) is 4.48. The van der Waals surface area contributed by atoms with Crippen molar-refractivity contribution in [1.29, 1.82) is 0 Å². The van der Waals surface area contributed by atoms with Crippen molar-refractivity contribution in [3.05, 3.63) is 46.6 Å². The molecule has 0 saturated heterocycles. The first-order valence-corrected chi connectivity index (χ1v) is 6.21. The molecule has 2 aromatic rings. The number of nitrogens with one attached hydrogen (secondary N) is 1. The van der Waals surface area contributed by atoms with Crippen molar-refractivity contribution in [3.8, 4) is 0 Å². The lowest BCUT2D eigenvalue weighted by molar-refractivity contribution is 0.196. The summed E-state index contributed by atoms with van der Waals surface area (Å²) in [6, 6.07) is 5.77. The molecule has 0 aliphatic carbocycles. The highest BCUT2D eigenvalue weighted by Gasteiger charge is 2.15. The van der Waals surface area contributed by atoms with E-state index in [-0.39, 0.29) is 10.9 Å². The van der Waals surface area contributed by atoms with E-state index < -0.39 is 12.0 Å². The smallest absolute Gasteiger partial charge is 0.171 e. The third-order valence-corrected chi connectivity index (χ3v) is 2.91. The molecule has 1 aromatic carbocycles. The van der Waals surface area contributed by atoms with Crippen LogP contribution in [0, 0.1) is 5.82 Å². The SMILES string of the molecule is CC(C)c1cc(C(O)Nc2ccc(F)c(Cl)c2)no1. The molecular formula is C13H14ClFN2O2. The largest absolute Gasteiger partial charge is 0.368 e. The van der Waals surface area contributed by atoms with Crippen LogP contribution in [0.2, 0.25) is 5.02 Å². The zero-order chi connectivity index (χ0) is 14.0. The highest BCUT2D eigenvalue weighted by molar-refractivity contribution is 6.31. The van der Waals surface area contributed by atoms with Gasteiger partial charge >= 0.3 is 0 Å². The minimum Gasteiger partial charge on any atom is -0.368 e. The molecule has 102 valence electrons. The van der Waals surface area contributed by atoms with Gasteiger partial charge in [0.2, 0.25) is 0 Å². The number of aromatic nitrogens is 1. The molecule has 1 atom stereocenters. The van der Waals surface area contributed by atoms with E-state index >= 15 is 0 Å². The first-order valence-electron chi connectivity index (χ1n) is 5.83. The van der Waals surface area contributed by atoms with Gasteiger partial charge in [-0.2, -0.15) is 0 Å². The van der Waals surface area contributed by atoms with Crippen LogP contribution in [-0.4, -0.2) is 10.3 Å². The Kier molecular flexibility index (Phi) is 4.07. The summed E-state index contributed by atoms with van der Waals surface area (Å²) in [5.74, 6) is 0.368. The summed E-state index contributed by atoms with van der Waals surface area (Å²) in [6.07, 6.45) is -1.04. The molecule has 0 aliphatic rings. The number of nitrogens with zero attached hydrogens (tertiary/aromatic N) is 1. The molecule has 6 heteroatoms. The molecule has 0 fully saturated rings. The van der Waals surface area contributed by atoms with E-state index in [1.807, 2.05) is 13.8 Å². The third kappa shape index (κ3) is 3.24. The predicted octanol–water partition coefficient (Wildman–Crippen LogP) is 3.69. The van der Waals surface area contributed by atoms with E-state index in [4.69, 9.17) is 16.1 Å². The van der Waals surface area contributed by atoms with Gasteiger partial charge in [-0.15, -0.1) is 0 Å². The summed E-state index contributed by atoms with van der Waals surface area (Å²) < 4.78 is 18.1. The maximum absolute atomic E-state index is 13.0. The number of hydrogen-bond donors (Lipinski definition) is 2. The molecular weight excluding hydrogens is 271 g/mol. The zero-order valence-electron chi connectivity index (χ0n) is 10.5. The van der Waals surface area contributed by atoms with Gasteiger partial charge in [0.1, 0.15) is 17.3 Å². The molecule has 19 heavy (non-hydrogen) atoms. The molecule has 1 heterocycles. The van der Waals surface area contributed by atoms with Crippen molar-refractivity contribution in [2.45, 2.75) is 26.0 Å². The molecule has 1 aromatic heterocycles. The molecule has 4 nitrogen and oxygen atoms in total. The topological polar surface area (TPSA) is 58.3 Å². The van der Waals surface area contributed by atoms with Crippen LogP contribution in [-0.2, 0) is 0 Å². The van der Waals surface area contributed by atoms with Crippen LogP contribution < -0.4 is 5.32 Å². The number of aliphatic hydroxyl groups excluding tert-OH is 1. The van der Waals surface area contributed by atoms with Crippen molar-refractivity contribution in [1.82, 2.24) is 5.16 Å². The van der Waals surface area contributed by atoms with Crippen molar-refractivity contribution >= 4 is 17.3 Å². The monoisotopic (exact) mass is 284 g/mol. The number of aliphatic hydroxyl groups is 1. The Hall–Kier alpha value is -1.59. The van der Waals surface area contributed by atoms with Gasteiger partial charge in [-0.25, -0.2) is 4.39 Å². The molecule has 1 unspecified atom stereocenters. The van der Waals surface area contributed by atoms with Crippen molar-refractivity contribution in [3.63, 3.8) is 0 Å². The van der Waals surface area contributed by atoms with Crippen molar-refractivity contribution < 1.29 is 14.0 Å². The quantitative estimate of drug-likeness (QED) is 0.841. The Bertz CT molecular complexity index is 572. The maximum atomic E-state index is 13.0. The van der Waals surface area contributed by atoms with E-state index in [0.29, 0.717) is 17.1 Å². The van der Waals surface area contributed by atoms with Crippen LogP contribution in [0.4, 0.5) is 10.1 Å². The van der Waals surface area contributed by atoms with Gasteiger partial charge in [0, 0.05) is 17.7 Å². The Labute approximate surface area is 115 Å². The molecule has 2 rings (SSSR count). The van der Waals surface area contributed by atoms with Crippen LogP contribution in [0.1, 0.15) is 37.4 Å². The summed E-state index contributed by atoms with van der Waals surface area (Å²) in [7, 11) is 0. The van der Waals surface area contributed by atoms with Crippen molar-refractivity contribution in [2.75, 3.05) is 5.32 Å². The normalized spacial score (nSPS) is 12.7. The van der Waals surface area contributed by atoms with E-state index in [2.05, 4.69) is 10.5 Å². The number of rotatable bonds is 4. The van der Waals surface area contributed by atoms with Gasteiger partial charge in [0.15, 0.2) is 6.23 Å². The maximum Gasteiger partial charge on any atom is 0.171 e. The molecule has 0 amide bonds. The number of anilines is 1. The summed E-state index contributed by atoms with van der Waals surface area (Å²) in [4.78, 5) is 0. The summed E-state index contributed by atoms with van der Waals surface area (Å²) in [5.41, 5.74) is 0.858. The molecule has 0 spiro atoms. The van der Waals surface area contributed by atoms with E-state index in [1.54, 1.807) is 6.07 Å². The Morgan fingerprint density at radius 3 is 2.68 bits per heavy atom. The van der Waals surface area contributed by atoms with E-state index in [0.717, 1.165) is 0 Å². The van der Waals surface area contributed by atoms with Crippen LogP contribution in [0.5, 0.6) is 0 Å². The average molecular weight is 285 g/mol. The molecule has 0 aliphatic heterocycles. The highest BCUT2D eigenvalue weighted by atomic mass is 35.5. The minimum absolute atomic E-state index is 0.0137. The van der Waals surface area contributed by atoms with Gasteiger partial charge in [0.05, 0.1) is 5.02 Å². The summed E-state index contributed by atoms with van der Waals surface area (Å²) in [5, 5.41) is 16.5. The molecule has 2 N–H and O–H groups in total. The standard InChI is InChI=1S/C13H14ClFN2O2/c1-7(2)12-6-11(17-19-12)13(18)16-8-3-4-10(15)9(14)5-8/h3-7,13,16,18H,1-2H3. The Morgan fingerprint density at radius 2 is 2.11 bits per heavy atom. The lowest BCUT2D eigenvalue weighted by Gasteiger charge is -2.11. The van der Waals surface area contributed by atoms with E-state index in [1.165, 1.54) is 18.2 Å². The molecule has 0 saturated carbocycles. The fraction of sp³-hybridized carbons (Fsp3) is 0.308. The van der Waals surface area contributed by atoms with E-state index in [9.17, 15) is 9.50 Å². The predicted molar refractivity (Wildman–Crippen MR) is 70.6 cm³/mol. The molecule has 0 bridgehead atoms. The van der Waals surface area contributed by atoms with Gasteiger partial charge in [-0.3, -0.25) is 0 Å². The highest BCUT2D eigenvalue weighted by Crippen LogP contribution is 2.24. The second kappa shape index (κ2) is 5.59. The number of hydrogen-bond acceptors (Lipinski definition) is 4. The summed E-state index contributed by atoms with van der Waals surface area (Å²) in [6.45, 7) is 3.92. The lowest BCUT2D eigenvalue weighted by atomic mass is 10.1. The van der Waals surface area contributed by atoms with Gasteiger partial charge in [-0.05, 0) is 18.2 Å². The second-order valence-corrected chi connectivity index (χ2v) is 4.89. The first kappa shape index (κ1) is 13.8. The van der Waals surface area contributed by atoms with Gasteiger partial charge in [-0.1, -0.05) is 30.6 Å². The minimum atomic E-state index is -1.04.